The quantitative estimate of drug-likeness (QED) is 0.819. The van der Waals surface area contributed by atoms with E-state index in [1.54, 1.807) is 23.9 Å². The summed E-state index contributed by atoms with van der Waals surface area (Å²) in [5.41, 5.74) is -0.800. The fourth-order valence-electron chi connectivity index (χ4n) is 3.48. The van der Waals surface area contributed by atoms with E-state index in [-0.39, 0.29) is 11.9 Å². The largest absolute Gasteiger partial charge is 0.325 e. The molecule has 3 rings (SSSR count). The molecule has 2 aliphatic rings. The molecule has 24 heavy (non-hydrogen) atoms. The molecule has 2 heterocycles. The first kappa shape index (κ1) is 16.5. The normalized spacial score (nSPS) is 20.8. The van der Waals surface area contributed by atoms with E-state index >= 15 is 0 Å². The molecule has 8 nitrogen and oxygen atoms in total. The third-order valence-electron chi connectivity index (χ3n) is 4.83. The van der Waals surface area contributed by atoms with E-state index in [1.165, 1.54) is 0 Å². The molecule has 0 aromatic carbocycles. The number of imide groups is 1. The van der Waals surface area contributed by atoms with Crippen LogP contribution in [0.1, 0.15) is 52.5 Å². The Morgan fingerprint density at radius 3 is 2.58 bits per heavy atom. The Hall–Kier alpha value is -2.38. The van der Waals surface area contributed by atoms with Crippen molar-refractivity contribution < 1.29 is 14.4 Å². The number of anilines is 1. The zero-order valence-electron chi connectivity index (χ0n) is 14.2. The Morgan fingerprint density at radius 2 is 1.96 bits per heavy atom. The average Bonchev–Trinajstić information content (AvgIpc) is 3.21. The fourth-order valence-corrected chi connectivity index (χ4v) is 3.48. The molecule has 1 aliphatic carbocycles. The molecule has 1 unspecified atom stereocenters. The summed E-state index contributed by atoms with van der Waals surface area (Å²) in [6.45, 7) is 5.47. The molecule has 2 N–H and O–H groups in total. The third-order valence-corrected chi connectivity index (χ3v) is 4.83. The predicted octanol–water partition coefficient (Wildman–Crippen LogP) is 1.66. The van der Waals surface area contributed by atoms with Crippen molar-refractivity contribution in [3.63, 3.8) is 0 Å². The Balaban J connectivity index is 1.75. The number of amides is 4. The molecule has 0 bridgehead atoms. The highest BCUT2D eigenvalue weighted by Gasteiger charge is 2.54. The van der Waals surface area contributed by atoms with Gasteiger partial charge in [-0.1, -0.05) is 12.8 Å². The number of aromatic nitrogens is 2. The van der Waals surface area contributed by atoms with Crippen LogP contribution in [0.3, 0.4) is 0 Å². The molecule has 0 radical (unpaired) electrons. The minimum atomic E-state index is -0.881. The van der Waals surface area contributed by atoms with Crippen molar-refractivity contribution in [1.29, 1.82) is 0 Å². The first-order chi connectivity index (χ1) is 11.4. The predicted molar refractivity (Wildman–Crippen MR) is 87.3 cm³/mol. The SMILES string of the molecule is CC(C(=O)Nc1ccnn1C(C)C)N1C(=O)NC2(CCCC2)C1=O. The maximum atomic E-state index is 12.7. The lowest BCUT2D eigenvalue weighted by Gasteiger charge is -2.23. The molecule has 1 spiro atoms. The van der Waals surface area contributed by atoms with Crippen molar-refractivity contribution >= 4 is 23.7 Å². The average molecular weight is 333 g/mol. The maximum absolute atomic E-state index is 12.7. The van der Waals surface area contributed by atoms with Crippen LogP contribution >= 0.6 is 0 Å². The second-order valence-corrected chi connectivity index (χ2v) is 6.81. The number of hydrogen-bond donors (Lipinski definition) is 2. The maximum Gasteiger partial charge on any atom is 0.325 e. The molecule has 8 heteroatoms. The summed E-state index contributed by atoms with van der Waals surface area (Å²) in [5.74, 6) is -0.148. The highest BCUT2D eigenvalue weighted by Crippen LogP contribution is 2.35. The molecule has 2 fully saturated rings. The van der Waals surface area contributed by atoms with Crippen LogP contribution in [0.2, 0.25) is 0 Å². The zero-order valence-corrected chi connectivity index (χ0v) is 14.2. The Bertz CT molecular complexity index is 675. The van der Waals surface area contributed by atoms with Gasteiger partial charge in [-0.15, -0.1) is 0 Å². The van der Waals surface area contributed by atoms with Gasteiger partial charge < -0.3 is 10.6 Å². The van der Waals surface area contributed by atoms with Crippen LogP contribution in [0.4, 0.5) is 10.6 Å². The van der Waals surface area contributed by atoms with Gasteiger partial charge in [0, 0.05) is 12.1 Å². The van der Waals surface area contributed by atoms with E-state index in [1.807, 2.05) is 13.8 Å². The number of rotatable bonds is 4. The van der Waals surface area contributed by atoms with Crippen molar-refractivity contribution in [1.82, 2.24) is 20.0 Å². The van der Waals surface area contributed by atoms with E-state index in [4.69, 9.17) is 0 Å². The lowest BCUT2D eigenvalue weighted by molar-refractivity contribution is -0.136. The van der Waals surface area contributed by atoms with Gasteiger partial charge in [0.2, 0.25) is 5.91 Å². The number of urea groups is 1. The summed E-state index contributed by atoms with van der Waals surface area (Å²) < 4.78 is 1.68. The summed E-state index contributed by atoms with van der Waals surface area (Å²) in [6.07, 6.45) is 4.70. The van der Waals surface area contributed by atoms with Crippen LogP contribution in [0.15, 0.2) is 12.3 Å². The summed E-state index contributed by atoms with van der Waals surface area (Å²) in [5, 5.41) is 9.71. The highest BCUT2D eigenvalue weighted by atomic mass is 16.2. The minimum Gasteiger partial charge on any atom is -0.323 e. The lowest BCUT2D eigenvalue weighted by atomic mass is 9.97. The van der Waals surface area contributed by atoms with Gasteiger partial charge in [-0.25, -0.2) is 14.4 Å². The molecular formula is C16H23N5O3. The fraction of sp³-hybridized carbons (Fsp3) is 0.625. The second kappa shape index (κ2) is 5.92. The lowest BCUT2D eigenvalue weighted by Crippen LogP contribution is -2.48. The monoisotopic (exact) mass is 333 g/mol. The van der Waals surface area contributed by atoms with Crippen LogP contribution in [0, 0.1) is 0 Å². The molecule has 1 aromatic rings. The smallest absolute Gasteiger partial charge is 0.323 e. The number of nitrogens with zero attached hydrogens (tertiary/aromatic N) is 3. The topological polar surface area (TPSA) is 96.3 Å². The van der Waals surface area contributed by atoms with Gasteiger partial charge in [-0.3, -0.25) is 9.59 Å². The van der Waals surface area contributed by atoms with Crippen LogP contribution in [-0.4, -0.2) is 44.1 Å². The summed E-state index contributed by atoms with van der Waals surface area (Å²) in [6, 6.07) is 0.411. The van der Waals surface area contributed by atoms with Gasteiger partial charge in [0.05, 0.1) is 6.20 Å². The molecule has 1 aliphatic heterocycles. The van der Waals surface area contributed by atoms with Crippen LogP contribution < -0.4 is 10.6 Å². The van der Waals surface area contributed by atoms with Gasteiger partial charge in [0.25, 0.3) is 5.91 Å². The molecular weight excluding hydrogens is 310 g/mol. The van der Waals surface area contributed by atoms with Gasteiger partial charge in [-0.05, 0) is 33.6 Å². The Kier molecular flexibility index (Phi) is 4.06. The van der Waals surface area contributed by atoms with Gasteiger partial charge in [-0.2, -0.15) is 5.10 Å². The standard InChI is InChI=1S/C16H23N5O3/c1-10(2)21-12(6-9-17-21)18-13(22)11(3)20-14(23)16(19-15(20)24)7-4-5-8-16/h6,9-11H,4-5,7-8H2,1-3H3,(H,18,22)(H,19,24). The minimum absolute atomic E-state index is 0.0871. The number of hydrogen-bond acceptors (Lipinski definition) is 4. The zero-order chi connectivity index (χ0) is 17.5. The van der Waals surface area contributed by atoms with E-state index in [0.29, 0.717) is 18.7 Å². The molecule has 1 saturated carbocycles. The first-order valence-electron chi connectivity index (χ1n) is 8.36. The second-order valence-electron chi connectivity index (χ2n) is 6.81. The number of carbonyl (C=O) groups is 3. The van der Waals surface area contributed by atoms with Crippen LogP contribution in [0.25, 0.3) is 0 Å². The Labute approximate surface area is 140 Å². The highest BCUT2D eigenvalue weighted by molar-refractivity contribution is 6.11. The van der Waals surface area contributed by atoms with Crippen molar-refractivity contribution in [3.8, 4) is 0 Å². The number of nitrogens with one attached hydrogen (secondary N) is 2. The molecule has 130 valence electrons. The van der Waals surface area contributed by atoms with Gasteiger partial charge in [0.15, 0.2) is 0 Å². The summed E-state index contributed by atoms with van der Waals surface area (Å²) >= 11 is 0. The molecule has 1 saturated heterocycles. The molecule has 1 aromatic heterocycles. The Morgan fingerprint density at radius 1 is 1.29 bits per heavy atom. The first-order valence-corrected chi connectivity index (χ1v) is 8.36. The van der Waals surface area contributed by atoms with E-state index < -0.39 is 23.5 Å². The van der Waals surface area contributed by atoms with Crippen LogP contribution in [0.5, 0.6) is 0 Å². The van der Waals surface area contributed by atoms with E-state index in [2.05, 4.69) is 15.7 Å². The summed E-state index contributed by atoms with van der Waals surface area (Å²) in [7, 11) is 0. The van der Waals surface area contributed by atoms with Crippen molar-refractivity contribution in [2.75, 3.05) is 5.32 Å². The van der Waals surface area contributed by atoms with E-state index in [9.17, 15) is 14.4 Å². The van der Waals surface area contributed by atoms with Gasteiger partial charge >= 0.3 is 6.03 Å². The van der Waals surface area contributed by atoms with Crippen LogP contribution in [-0.2, 0) is 9.59 Å². The van der Waals surface area contributed by atoms with Gasteiger partial charge in [0.1, 0.15) is 17.4 Å². The molecule has 1 atom stereocenters. The number of carbonyl (C=O) groups excluding carboxylic acids is 3. The van der Waals surface area contributed by atoms with E-state index in [0.717, 1.165) is 17.7 Å². The van der Waals surface area contributed by atoms with Crippen molar-refractivity contribution in [2.45, 2.75) is 64.1 Å². The summed E-state index contributed by atoms with van der Waals surface area (Å²) in [4.78, 5) is 38.6. The third kappa shape index (κ3) is 2.55. The van der Waals surface area contributed by atoms with Crippen molar-refractivity contribution in [3.05, 3.63) is 12.3 Å². The molecule has 4 amide bonds. The van der Waals surface area contributed by atoms with Crippen molar-refractivity contribution in [2.24, 2.45) is 0 Å².